The Morgan fingerprint density at radius 3 is 2.52 bits per heavy atom. The molecule has 0 aliphatic rings. The van der Waals surface area contributed by atoms with Crippen molar-refractivity contribution in [2.75, 3.05) is 26.9 Å². The molecule has 0 bridgehead atoms. The summed E-state index contributed by atoms with van der Waals surface area (Å²) >= 11 is 0. The number of ether oxygens (including phenoxy) is 2. The lowest BCUT2D eigenvalue weighted by atomic mass is 10.1. The smallest absolute Gasteiger partial charge is 0.261 e. The highest BCUT2D eigenvalue weighted by Crippen LogP contribution is 2.25. The summed E-state index contributed by atoms with van der Waals surface area (Å²) in [5.41, 5.74) is 0.578. The van der Waals surface area contributed by atoms with E-state index in [9.17, 15) is 9.59 Å². The number of amides is 1. The Hall–Kier alpha value is -3.19. The van der Waals surface area contributed by atoms with Crippen molar-refractivity contribution in [1.29, 1.82) is 0 Å². The molecule has 0 aliphatic carbocycles. The van der Waals surface area contributed by atoms with Crippen LogP contribution in [0.2, 0.25) is 0 Å². The molecule has 1 amide bonds. The Labute approximate surface area is 195 Å². The first-order valence-corrected chi connectivity index (χ1v) is 11.6. The second-order valence-electron chi connectivity index (χ2n) is 7.90. The van der Waals surface area contributed by atoms with Crippen molar-refractivity contribution in [3.05, 3.63) is 70.8 Å². The monoisotopic (exact) mass is 451 g/mol. The van der Waals surface area contributed by atoms with E-state index in [1.54, 1.807) is 22.6 Å². The number of benzene rings is 2. The van der Waals surface area contributed by atoms with Crippen LogP contribution in [-0.4, -0.2) is 47.2 Å². The van der Waals surface area contributed by atoms with Crippen molar-refractivity contribution in [2.45, 2.75) is 45.7 Å². The molecular formula is C26H33N3O4. The number of carbonyl (C=O) groups excluding carboxylic acids is 1. The summed E-state index contributed by atoms with van der Waals surface area (Å²) < 4.78 is 12.7. The summed E-state index contributed by atoms with van der Waals surface area (Å²) in [7, 11) is 1.64. The molecule has 0 N–H and O–H groups in total. The second kappa shape index (κ2) is 12.2. The van der Waals surface area contributed by atoms with Crippen molar-refractivity contribution >= 4 is 16.8 Å². The summed E-state index contributed by atoms with van der Waals surface area (Å²) in [4.78, 5) is 33.3. The van der Waals surface area contributed by atoms with Crippen molar-refractivity contribution < 1.29 is 14.3 Å². The summed E-state index contributed by atoms with van der Waals surface area (Å²) in [6, 6.07) is 16.3. The number of carbonyl (C=O) groups is 1. The molecule has 7 heteroatoms. The minimum absolute atomic E-state index is 0.0688. The minimum atomic E-state index is -0.349. The van der Waals surface area contributed by atoms with Gasteiger partial charge in [-0.25, -0.2) is 4.98 Å². The number of methoxy groups -OCH3 is 1. The molecule has 3 rings (SSSR count). The predicted molar refractivity (Wildman–Crippen MR) is 129 cm³/mol. The Morgan fingerprint density at radius 1 is 1.09 bits per heavy atom. The molecule has 0 fully saturated rings. The molecule has 176 valence electrons. The van der Waals surface area contributed by atoms with Crippen molar-refractivity contribution in [3.8, 4) is 5.75 Å². The van der Waals surface area contributed by atoms with E-state index in [1.165, 1.54) is 0 Å². The van der Waals surface area contributed by atoms with E-state index in [-0.39, 0.29) is 24.1 Å². The van der Waals surface area contributed by atoms with Crippen molar-refractivity contribution in [2.24, 2.45) is 0 Å². The Balaban J connectivity index is 1.98. The fourth-order valence-corrected chi connectivity index (χ4v) is 4.00. The highest BCUT2D eigenvalue weighted by atomic mass is 16.5. The largest absolute Gasteiger partial charge is 0.484 e. The molecule has 1 unspecified atom stereocenters. The van der Waals surface area contributed by atoms with Gasteiger partial charge in [0, 0.05) is 26.8 Å². The van der Waals surface area contributed by atoms with Gasteiger partial charge in [0.15, 0.2) is 6.61 Å². The van der Waals surface area contributed by atoms with Crippen LogP contribution >= 0.6 is 0 Å². The van der Waals surface area contributed by atoms with Gasteiger partial charge in [-0.05, 0) is 43.5 Å². The lowest BCUT2D eigenvalue weighted by Gasteiger charge is -2.32. The molecule has 1 aromatic heterocycles. The molecule has 0 saturated heterocycles. The Kier molecular flexibility index (Phi) is 9.01. The van der Waals surface area contributed by atoms with Gasteiger partial charge in [-0.2, -0.15) is 0 Å². The van der Waals surface area contributed by atoms with Crippen LogP contribution in [0.3, 0.4) is 0 Å². The predicted octanol–water partition coefficient (Wildman–Crippen LogP) is 4.20. The lowest BCUT2D eigenvalue weighted by Crippen LogP contribution is -2.41. The molecule has 0 aliphatic heterocycles. The quantitative estimate of drug-likeness (QED) is 0.386. The normalized spacial score (nSPS) is 12.0. The highest BCUT2D eigenvalue weighted by molar-refractivity contribution is 5.79. The van der Waals surface area contributed by atoms with Gasteiger partial charge < -0.3 is 14.4 Å². The van der Waals surface area contributed by atoms with Crippen LogP contribution < -0.4 is 10.3 Å². The van der Waals surface area contributed by atoms with E-state index in [1.807, 2.05) is 62.4 Å². The van der Waals surface area contributed by atoms with E-state index >= 15 is 0 Å². The van der Waals surface area contributed by atoms with Crippen LogP contribution in [0.5, 0.6) is 5.75 Å². The lowest BCUT2D eigenvalue weighted by molar-refractivity contribution is -0.136. The molecule has 0 saturated carbocycles. The van der Waals surface area contributed by atoms with Gasteiger partial charge in [0.2, 0.25) is 0 Å². The number of hydrogen-bond acceptors (Lipinski definition) is 5. The number of aromatic nitrogens is 2. The number of rotatable bonds is 12. The average molecular weight is 452 g/mol. The molecular weight excluding hydrogens is 418 g/mol. The highest BCUT2D eigenvalue weighted by Gasteiger charge is 2.28. The maximum Gasteiger partial charge on any atom is 0.261 e. The zero-order valence-electron chi connectivity index (χ0n) is 19.7. The van der Waals surface area contributed by atoms with E-state index in [0.29, 0.717) is 55.0 Å². The summed E-state index contributed by atoms with van der Waals surface area (Å²) in [5, 5.41) is 0.592. The van der Waals surface area contributed by atoms with E-state index in [2.05, 4.69) is 0 Å². The van der Waals surface area contributed by atoms with Crippen LogP contribution in [0.4, 0.5) is 0 Å². The number of para-hydroxylation sites is 2. The third-order valence-corrected chi connectivity index (χ3v) is 5.57. The van der Waals surface area contributed by atoms with Crippen LogP contribution in [0.25, 0.3) is 10.9 Å². The third kappa shape index (κ3) is 5.99. The molecule has 3 aromatic rings. The standard InChI is InChI=1S/C26H33N3O4/c1-4-16-29-25(27-22-15-10-9-14-21(22)26(29)31)23(5-2)28(17-11-18-32-3)24(30)19-33-20-12-7-6-8-13-20/h6-10,12-15,23H,4-5,11,16-19H2,1-3H3. The van der Waals surface area contributed by atoms with Crippen LogP contribution in [0.1, 0.15) is 45.0 Å². The average Bonchev–Trinajstić information content (AvgIpc) is 2.85. The third-order valence-electron chi connectivity index (χ3n) is 5.57. The molecule has 0 spiro atoms. The topological polar surface area (TPSA) is 73.7 Å². The van der Waals surface area contributed by atoms with Crippen LogP contribution in [0.15, 0.2) is 59.4 Å². The SMILES string of the molecule is CCCn1c(C(CC)N(CCCOC)C(=O)COc2ccccc2)nc2ccccc2c1=O. The maximum atomic E-state index is 13.3. The fourth-order valence-electron chi connectivity index (χ4n) is 4.00. The van der Waals surface area contributed by atoms with E-state index in [0.717, 1.165) is 6.42 Å². The molecule has 33 heavy (non-hydrogen) atoms. The van der Waals surface area contributed by atoms with Gasteiger partial charge in [-0.1, -0.05) is 44.2 Å². The molecule has 0 radical (unpaired) electrons. The molecule has 2 aromatic carbocycles. The Morgan fingerprint density at radius 2 is 1.82 bits per heavy atom. The zero-order chi connectivity index (χ0) is 23.6. The summed E-state index contributed by atoms with van der Waals surface area (Å²) in [5.74, 6) is 1.11. The maximum absolute atomic E-state index is 13.3. The van der Waals surface area contributed by atoms with Gasteiger partial charge in [-0.3, -0.25) is 14.2 Å². The van der Waals surface area contributed by atoms with Crippen molar-refractivity contribution in [3.63, 3.8) is 0 Å². The molecule has 7 nitrogen and oxygen atoms in total. The van der Waals surface area contributed by atoms with Gasteiger partial charge in [0.25, 0.3) is 11.5 Å². The summed E-state index contributed by atoms with van der Waals surface area (Å²) in [6.45, 7) is 5.52. The first-order valence-electron chi connectivity index (χ1n) is 11.6. The van der Waals surface area contributed by atoms with Crippen molar-refractivity contribution in [1.82, 2.24) is 14.5 Å². The second-order valence-corrected chi connectivity index (χ2v) is 7.90. The number of nitrogens with zero attached hydrogens (tertiary/aromatic N) is 3. The molecule has 1 heterocycles. The van der Waals surface area contributed by atoms with Gasteiger partial charge in [0.05, 0.1) is 16.9 Å². The minimum Gasteiger partial charge on any atom is -0.484 e. The van der Waals surface area contributed by atoms with Gasteiger partial charge in [0.1, 0.15) is 11.6 Å². The fraction of sp³-hybridized carbons (Fsp3) is 0.423. The van der Waals surface area contributed by atoms with Crippen LogP contribution in [0, 0.1) is 0 Å². The summed E-state index contributed by atoms with van der Waals surface area (Å²) in [6.07, 6.45) is 2.09. The van der Waals surface area contributed by atoms with Crippen LogP contribution in [-0.2, 0) is 16.1 Å². The van der Waals surface area contributed by atoms with Gasteiger partial charge >= 0.3 is 0 Å². The Bertz CT molecular complexity index is 1100. The molecule has 1 atom stereocenters. The van der Waals surface area contributed by atoms with E-state index < -0.39 is 0 Å². The zero-order valence-corrected chi connectivity index (χ0v) is 19.7. The van der Waals surface area contributed by atoms with E-state index in [4.69, 9.17) is 14.5 Å². The first-order chi connectivity index (χ1) is 16.1. The number of fused-ring (bicyclic) bond motifs is 1. The first kappa shape index (κ1) is 24.5. The van der Waals surface area contributed by atoms with Gasteiger partial charge in [-0.15, -0.1) is 0 Å². The number of hydrogen-bond donors (Lipinski definition) is 0.